The molecule has 0 saturated carbocycles. The van der Waals surface area contributed by atoms with E-state index in [0.29, 0.717) is 18.0 Å². The van der Waals surface area contributed by atoms with Crippen molar-refractivity contribution in [1.29, 1.82) is 0 Å². The van der Waals surface area contributed by atoms with Crippen LogP contribution in [0.25, 0.3) is 22.2 Å². The molecule has 3 heteroatoms. The predicted octanol–water partition coefficient (Wildman–Crippen LogP) is 4.90. The van der Waals surface area contributed by atoms with Crippen LogP contribution in [-0.2, 0) is 0 Å². The molecule has 1 N–H and O–H groups in total. The first-order valence-electron chi connectivity index (χ1n) is 8.71. The van der Waals surface area contributed by atoms with Crippen LogP contribution in [0.3, 0.4) is 0 Å². The molecule has 128 valence electrons. The number of aryl methyl sites for hydroxylation is 2. The molecule has 0 bridgehead atoms. The van der Waals surface area contributed by atoms with Gasteiger partial charge in [0.25, 0.3) is 5.91 Å². The Morgan fingerprint density at radius 3 is 2.52 bits per heavy atom. The SMILES string of the molecule is Cc1ccc(-c2cc(C(=O)NCC(C)C)c3ccccc3n2)cc1C. The lowest BCUT2D eigenvalue weighted by atomic mass is 10.0. The van der Waals surface area contributed by atoms with Crippen molar-refractivity contribution in [2.45, 2.75) is 27.7 Å². The number of nitrogens with one attached hydrogen (secondary N) is 1. The third-order valence-corrected chi connectivity index (χ3v) is 4.43. The van der Waals surface area contributed by atoms with E-state index in [0.717, 1.165) is 22.2 Å². The topological polar surface area (TPSA) is 42.0 Å². The van der Waals surface area contributed by atoms with E-state index in [1.54, 1.807) is 0 Å². The van der Waals surface area contributed by atoms with Gasteiger partial charge < -0.3 is 5.32 Å². The summed E-state index contributed by atoms with van der Waals surface area (Å²) in [5.41, 5.74) is 5.85. The predicted molar refractivity (Wildman–Crippen MR) is 104 cm³/mol. The summed E-state index contributed by atoms with van der Waals surface area (Å²) >= 11 is 0. The Morgan fingerprint density at radius 1 is 1.04 bits per heavy atom. The highest BCUT2D eigenvalue weighted by Crippen LogP contribution is 2.26. The Bertz CT molecular complexity index is 928. The van der Waals surface area contributed by atoms with Gasteiger partial charge in [-0.25, -0.2) is 4.98 Å². The van der Waals surface area contributed by atoms with Gasteiger partial charge in [-0.05, 0) is 49.1 Å². The molecule has 0 aliphatic heterocycles. The minimum Gasteiger partial charge on any atom is -0.352 e. The Morgan fingerprint density at radius 2 is 1.80 bits per heavy atom. The Labute approximate surface area is 149 Å². The third kappa shape index (κ3) is 3.71. The molecular formula is C22H24N2O. The Hall–Kier alpha value is -2.68. The molecule has 0 spiro atoms. The van der Waals surface area contributed by atoms with Crippen molar-refractivity contribution in [2.24, 2.45) is 5.92 Å². The summed E-state index contributed by atoms with van der Waals surface area (Å²) in [6.07, 6.45) is 0. The second-order valence-corrected chi connectivity index (χ2v) is 6.98. The van der Waals surface area contributed by atoms with Gasteiger partial charge in [0, 0.05) is 17.5 Å². The minimum absolute atomic E-state index is 0.0441. The summed E-state index contributed by atoms with van der Waals surface area (Å²) in [6, 6.07) is 16.0. The number of fused-ring (bicyclic) bond motifs is 1. The molecule has 0 fully saturated rings. The smallest absolute Gasteiger partial charge is 0.252 e. The van der Waals surface area contributed by atoms with E-state index in [2.05, 4.69) is 51.2 Å². The maximum absolute atomic E-state index is 12.7. The molecule has 1 heterocycles. The van der Waals surface area contributed by atoms with Crippen LogP contribution in [0, 0.1) is 19.8 Å². The summed E-state index contributed by atoms with van der Waals surface area (Å²) < 4.78 is 0. The average molecular weight is 332 g/mol. The fourth-order valence-corrected chi connectivity index (χ4v) is 2.80. The van der Waals surface area contributed by atoms with Gasteiger partial charge >= 0.3 is 0 Å². The zero-order valence-corrected chi connectivity index (χ0v) is 15.3. The van der Waals surface area contributed by atoms with Crippen molar-refractivity contribution in [3.63, 3.8) is 0 Å². The zero-order valence-electron chi connectivity index (χ0n) is 15.3. The highest BCUT2D eigenvalue weighted by Gasteiger charge is 2.14. The number of hydrogen-bond donors (Lipinski definition) is 1. The highest BCUT2D eigenvalue weighted by molar-refractivity contribution is 6.07. The summed E-state index contributed by atoms with van der Waals surface area (Å²) in [4.78, 5) is 17.5. The molecule has 2 aromatic carbocycles. The maximum Gasteiger partial charge on any atom is 0.252 e. The standard InChI is InChI=1S/C22H24N2O/c1-14(2)13-23-22(25)19-12-21(17-10-9-15(3)16(4)11-17)24-20-8-6-5-7-18(19)20/h5-12,14H,13H2,1-4H3,(H,23,25). The lowest BCUT2D eigenvalue weighted by Gasteiger charge is -2.12. The Balaban J connectivity index is 2.11. The van der Waals surface area contributed by atoms with Gasteiger partial charge in [0.15, 0.2) is 0 Å². The summed E-state index contributed by atoms with van der Waals surface area (Å²) in [5.74, 6) is 0.369. The fraction of sp³-hybridized carbons (Fsp3) is 0.273. The van der Waals surface area contributed by atoms with Gasteiger partial charge in [0.05, 0.1) is 16.8 Å². The van der Waals surface area contributed by atoms with E-state index in [1.807, 2.05) is 30.3 Å². The largest absolute Gasteiger partial charge is 0.352 e. The molecule has 0 saturated heterocycles. The lowest BCUT2D eigenvalue weighted by Crippen LogP contribution is -2.27. The van der Waals surface area contributed by atoms with Gasteiger partial charge in [0.1, 0.15) is 0 Å². The summed E-state index contributed by atoms with van der Waals surface area (Å²) in [7, 11) is 0. The van der Waals surface area contributed by atoms with Crippen LogP contribution in [0.1, 0.15) is 35.3 Å². The minimum atomic E-state index is -0.0441. The number of nitrogens with zero attached hydrogens (tertiary/aromatic N) is 1. The number of rotatable bonds is 4. The van der Waals surface area contributed by atoms with Gasteiger partial charge in [-0.2, -0.15) is 0 Å². The quantitative estimate of drug-likeness (QED) is 0.738. The number of carbonyl (C=O) groups is 1. The number of aromatic nitrogens is 1. The molecule has 0 aliphatic carbocycles. The normalized spacial score (nSPS) is 11.1. The van der Waals surface area contributed by atoms with Crippen molar-refractivity contribution in [2.75, 3.05) is 6.54 Å². The first-order valence-corrected chi connectivity index (χ1v) is 8.71. The van der Waals surface area contributed by atoms with Crippen LogP contribution in [0.5, 0.6) is 0 Å². The van der Waals surface area contributed by atoms with E-state index >= 15 is 0 Å². The third-order valence-electron chi connectivity index (χ3n) is 4.43. The van der Waals surface area contributed by atoms with Gasteiger partial charge in [-0.15, -0.1) is 0 Å². The van der Waals surface area contributed by atoms with Crippen LogP contribution in [0.4, 0.5) is 0 Å². The lowest BCUT2D eigenvalue weighted by molar-refractivity contribution is 0.0950. The van der Waals surface area contributed by atoms with Crippen molar-refractivity contribution >= 4 is 16.8 Å². The molecule has 1 aromatic heterocycles. The summed E-state index contributed by atoms with van der Waals surface area (Å²) in [6.45, 7) is 9.03. The van der Waals surface area contributed by atoms with Crippen molar-refractivity contribution in [3.8, 4) is 11.3 Å². The number of benzene rings is 2. The van der Waals surface area contributed by atoms with Gasteiger partial charge in [-0.3, -0.25) is 4.79 Å². The maximum atomic E-state index is 12.7. The molecule has 0 atom stereocenters. The number of hydrogen-bond acceptors (Lipinski definition) is 2. The molecule has 1 amide bonds. The van der Waals surface area contributed by atoms with Crippen LogP contribution < -0.4 is 5.32 Å². The molecular weight excluding hydrogens is 308 g/mol. The monoisotopic (exact) mass is 332 g/mol. The Kier molecular flexibility index (Phi) is 4.84. The van der Waals surface area contributed by atoms with Crippen molar-refractivity contribution < 1.29 is 4.79 Å². The van der Waals surface area contributed by atoms with Crippen LogP contribution >= 0.6 is 0 Å². The van der Waals surface area contributed by atoms with Crippen LogP contribution in [0.2, 0.25) is 0 Å². The second kappa shape index (κ2) is 7.06. The second-order valence-electron chi connectivity index (χ2n) is 6.98. The number of para-hydroxylation sites is 1. The van der Waals surface area contributed by atoms with E-state index < -0.39 is 0 Å². The molecule has 25 heavy (non-hydrogen) atoms. The van der Waals surface area contributed by atoms with Crippen LogP contribution in [-0.4, -0.2) is 17.4 Å². The zero-order chi connectivity index (χ0) is 18.0. The summed E-state index contributed by atoms with van der Waals surface area (Å²) in [5, 5.41) is 3.91. The number of pyridine rings is 1. The first kappa shape index (κ1) is 17.2. The van der Waals surface area contributed by atoms with Crippen molar-refractivity contribution in [1.82, 2.24) is 10.3 Å². The van der Waals surface area contributed by atoms with Gasteiger partial charge in [-0.1, -0.05) is 44.2 Å². The number of carbonyl (C=O) groups excluding carboxylic acids is 1. The van der Waals surface area contributed by atoms with E-state index in [1.165, 1.54) is 11.1 Å². The highest BCUT2D eigenvalue weighted by atomic mass is 16.1. The van der Waals surface area contributed by atoms with Crippen LogP contribution in [0.15, 0.2) is 48.5 Å². The molecule has 0 unspecified atom stereocenters. The van der Waals surface area contributed by atoms with E-state index in [9.17, 15) is 4.79 Å². The average Bonchev–Trinajstić information content (AvgIpc) is 2.61. The first-order chi connectivity index (χ1) is 12.0. The molecule has 3 rings (SSSR count). The molecule has 3 aromatic rings. The fourth-order valence-electron chi connectivity index (χ4n) is 2.80. The molecule has 0 aliphatic rings. The van der Waals surface area contributed by atoms with Crippen molar-refractivity contribution in [3.05, 3.63) is 65.2 Å². The van der Waals surface area contributed by atoms with E-state index in [-0.39, 0.29) is 5.91 Å². The molecule has 3 nitrogen and oxygen atoms in total. The van der Waals surface area contributed by atoms with Gasteiger partial charge in [0.2, 0.25) is 0 Å². The number of amides is 1. The van der Waals surface area contributed by atoms with E-state index in [4.69, 9.17) is 4.98 Å². The molecule has 0 radical (unpaired) electrons.